The molecule has 1 N–H and O–H groups in total. The molecule has 6 heteroatoms. The minimum Gasteiger partial charge on any atom is -0.351 e. The Hall–Kier alpha value is -0.880. The van der Waals surface area contributed by atoms with E-state index in [2.05, 4.69) is 21.2 Å². The number of halogens is 1. The molecule has 0 atom stereocenters. The van der Waals surface area contributed by atoms with E-state index in [9.17, 15) is 13.2 Å². The van der Waals surface area contributed by atoms with Gasteiger partial charge in [-0.05, 0) is 25.0 Å². The molecule has 4 nitrogen and oxygen atoms in total. The first-order chi connectivity index (χ1) is 8.68. The van der Waals surface area contributed by atoms with E-state index in [0.717, 1.165) is 22.7 Å². The van der Waals surface area contributed by atoms with Crippen molar-refractivity contribution in [1.82, 2.24) is 5.32 Å². The van der Waals surface area contributed by atoms with Crippen LogP contribution in [-0.4, -0.2) is 25.3 Å². The molecular formula is C13H18BrNO3S. The minimum absolute atomic E-state index is 0.318. The molecule has 0 aromatic heterocycles. The average molecular weight is 348 g/mol. The lowest BCUT2D eigenvalue weighted by atomic mass is 10.1. The van der Waals surface area contributed by atoms with Gasteiger partial charge in [-0.1, -0.05) is 40.2 Å². The first-order valence-corrected chi connectivity index (χ1v) is 8.81. The molecule has 0 radical (unpaired) electrons. The predicted octanol–water partition coefficient (Wildman–Crippen LogP) is 2.02. The highest BCUT2D eigenvalue weighted by atomic mass is 79.9. The van der Waals surface area contributed by atoms with Crippen LogP contribution in [0.25, 0.3) is 0 Å². The summed E-state index contributed by atoms with van der Waals surface area (Å²) in [5.41, 5.74) is 2.05. The number of carbonyl (C=O) groups excluding carboxylic acids is 1. The SMILES string of the molecule is CC(C)(C(=O)NCc1cccc(CBr)c1)S(C)(=O)=O. The van der Waals surface area contributed by atoms with Crippen LogP contribution in [0.3, 0.4) is 0 Å². The molecule has 19 heavy (non-hydrogen) atoms. The van der Waals surface area contributed by atoms with E-state index in [1.807, 2.05) is 24.3 Å². The summed E-state index contributed by atoms with van der Waals surface area (Å²) in [6.45, 7) is 3.14. The van der Waals surface area contributed by atoms with Crippen LogP contribution in [0.1, 0.15) is 25.0 Å². The molecule has 0 aliphatic rings. The maximum absolute atomic E-state index is 11.9. The second kappa shape index (κ2) is 6.05. The van der Waals surface area contributed by atoms with E-state index in [1.54, 1.807) is 0 Å². The Kier molecular flexibility index (Phi) is 5.15. The van der Waals surface area contributed by atoms with Crippen molar-refractivity contribution in [3.8, 4) is 0 Å². The number of hydrogen-bond acceptors (Lipinski definition) is 3. The lowest BCUT2D eigenvalue weighted by Gasteiger charge is -2.21. The van der Waals surface area contributed by atoms with Crippen LogP contribution in [0, 0.1) is 0 Å². The largest absolute Gasteiger partial charge is 0.351 e. The fourth-order valence-corrected chi connectivity index (χ4v) is 2.14. The fourth-order valence-electron chi connectivity index (χ4n) is 1.39. The Morgan fingerprint density at radius 3 is 2.42 bits per heavy atom. The van der Waals surface area contributed by atoms with Gasteiger partial charge in [0.15, 0.2) is 9.84 Å². The van der Waals surface area contributed by atoms with E-state index in [0.29, 0.717) is 6.54 Å². The van der Waals surface area contributed by atoms with Crippen LogP contribution in [0.2, 0.25) is 0 Å². The van der Waals surface area contributed by atoms with Crippen LogP contribution < -0.4 is 5.32 Å². The molecule has 106 valence electrons. The van der Waals surface area contributed by atoms with Crippen LogP contribution in [0.5, 0.6) is 0 Å². The predicted molar refractivity (Wildman–Crippen MR) is 79.8 cm³/mol. The van der Waals surface area contributed by atoms with E-state index >= 15 is 0 Å². The van der Waals surface area contributed by atoms with E-state index in [-0.39, 0.29) is 0 Å². The smallest absolute Gasteiger partial charge is 0.241 e. The molecule has 1 rings (SSSR count). The molecular weight excluding hydrogens is 330 g/mol. The standard InChI is InChI=1S/C13H18BrNO3S/c1-13(2,19(3,17)18)12(16)15-9-11-6-4-5-10(7-11)8-14/h4-7H,8-9H2,1-3H3,(H,15,16). The van der Waals surface area contributed by atoms with Crippen molar-refractivity contribution >= 4 is 31.7 Å². The van der Waals surface area contributed by atoms with Crippen LogP contribution in [0.4, 0.5) is 0 Å². The fraction of sp³-hybridized carbons (Fsp3) is 0.462. The number of sulfone groups is 1. The normalized spacial score (nSPS) is 12.2. The molecule has 0 saturated heterocycles. The molecule has 0 aliphatic heterocycles. The van der Waals surface area contributed by atoms with Crippen molar-refractivity contribution in [2.24, 2.45) is 0 Å². The van der Waals surface area contributed by atoms with Gasteiger partial charge in [0.2, 0.25) is 5.91 Å². The lowest BCUT2D eigenvalue weighted by Crippen LogP contribution is -2.47. The third-order valence-electron chi connectivity index (χ3n) is 3.07. The minimum atomic E-state index is -3.44. The third-order valence-corrected chi connectivity index (χ3v) is 5.76. The molecule has 0 saturated carbocycles. The molecule has 0 spiro atoms. The van der Waals surface area contributed by atoms with Gasteiger partial charge in [-0.3, -0.25) is 4.79 Å². The summed E-state index contributed by atoms with van der Waals surface area (Å²) in [7, 11) is -3.44. The van der Waals surface area contributed by atoms with Gasteiger partial charge in [0.1, 0.15) is 4.75 Å². The lowest BCUT2D eigenvalue weighted by molar-refractivity contribution is -0.123. The zero-order valence-corrected chi connectivity index (χ0v) is 13.6. The Balaban J connectivity index is 2.74. The Morgan fingerprint density at radius 1 is 1.32 bits per heavy atom. The Morgan fingerprint density at radius 2 is 1.89 bits per heavy atom. The van der Waals surface area contributed by atoms with Crippen molar-refractivity contribution in [3.63, 3.8) is 0 Å². The second-order valence-corrected chi connectivity index (χ2v) is 8.04. The van der Waals surface area contributed by atoms with Gasteiger partial charge in [-0.2, -0.15) is 0 Å². The first kappa shape index (κ1) is 16.2. The zero-order valence-electron chi connectivity index (χ0n) is 11.2. The highest BCUT2D eigenvalue weighted by Gasteiger charge is 2.38. The first-order valence-electron chi connectivity index (χ1n) is 5.80. The third kappa shape index (κ3) is 4.04. The Bertz CT molecular complexity index is 567. The molecule has 0 bridgehead atoms. The highest BCUT2D eigenvalue weighted by molar-refractivity contribution is 9.08. The topological polar surface area (TPSA) is 63.2 Å². The van der Waals surface area contributed by atoms with Gasteiger partial charge >= 0.3 is 0 Å². The van der Waals surface area contributed by atoms with Crippen LogP contribution in [-0.2, 0) is 26.5 Å². The second-order valence-electron chi connectivity index (χ2n) is 4.92. The quantitative estimate of drug-likeness (QED) is 0.828. The van der Waals surface area contributed by atoms with E-state index < -0.39 is 20.5 Å². The monoisotopic (exact) mass is 347 g/mol. The van der Waals surface area contributed by atoms with E-state index in [4.69, 9.17) is 0 Å². The molecule has 1 aromatic carbocycles. The summed E-state index contributed by atoms with van der Waals surface area (Å²) in [4.78, 5) is 11.9. The molecule has 1 aromatic rings. The summed E-state index contributed by atoms with van der Waals surface area (Å²) in [6, 6.07) is 7.72. The molecule has 0 fully saturated rings. The number of amides is 1. The maximum atomic E-state index is 11.9. The molecule has 0 unspecified atom stereocenters. The summed E-state index contributed by atoms with van der Waals surface area (Å²) in [5.74, 6) is -0.487. The number of nitrogens with one attached hydrogen (secondary N) is 1. The van der Waals surface area contributed by atoms with Crippen molar-refractivity contribution in [1.29, 1.82) is 0 Å². The van der Waals surface area contributed by atoms with Gasteiger partial charge in [-0.15, -0.1) is 0 Å². The molecule has 0 heterocycles. The average Bonchev–Trinajstić information content (AvgIpc) is 2.34. The summed E-state index contributed by atoms with van der Waals surface area (Å²) in [6.07, 6.45) is 1.07. The van der Waals surface area contributed by atoms with E-state index in [1.165, 1.54) is 13.8 Å². The number of hydrogen-bond donors (Lipinski definition) is 1. The van der Waals surface area contributed by atoms with Gasteiger partial charge < -0.3 is 5.32 Å². The highest BCUT2D eigenvalue weighted by Crippen LogP contribution is 2.15. The summed E-state index contributed by atoms with van der Waals surface area (Å²) in [5, 5.41) is 3.40. The van der Waals surface area contributed by atoms with Crippen molar-refractivity contribution in [2.75, 3.05) is 6.26 Å². The van der Waals surface area contributed by atoms with Gasteiger partial charge in [0.25, 0.3) is 0 Å². The van der Waals surface area contributed by atoms with Gasteiger partial charge in [-0.25, -0.2) is 8.42 Å². The summed E-state index contributed by atoms with van der Waals surface area (Å²) >= 11 is 3.36. The number of carbonyl (C=O) groups is 1. The molecule has 1 amide bonds. The maximum Gasteiger partial charge on any atom is 0.241 e. The zero-order chi connectivity index (χ0) is 14.7. The van der Waals surface area contributed by atoms with Crippen LogP contribution >= 0.6 is 15.9 Å². The van der Waals surface area contributed by atoms with Crippen molar-refractivity contribution in [2.45, 2.75) is 30.5 Å². The van der Waals surface area contributed by atoms with Crippen molar-refractivity contribution in [3.05, 3.63) is 35.4 Å². The number of benzene rings is 1. The number of rotatable bonds is 5. The van der Waals surface area contributed by atoms with Crippen LogP contribution in [0.15, 0.2) is 24.3 Å². The Labute approximate surface area is 122 Å². The summed E-state index contributed by atoms with van der Waals surface area (Å²) < 4.78 is 21.7. The van der Waals surface area contributed by atoms with Crippen molar-refractivity contribution < 1.29 is 13.2 Å². The van der Waals surface area contributed by atoms with Gasteiger partial charge in [0.05, 0.1) is 0 Å². The number of alkyl halides is 1. The van der Waals surface area contributed by atoms with Gasteiger partial charge in [0, 0.05) is 18.1 Å². The molecule has 0 aliphatic carbocycles.